The predicted molar refractivity (Wildman–Crippen MR) is 91.2 cm³/mol. The van der Waals surface area contributed by atoms with Crippen LogP contribution in [0.5, 0.6) is 0 Å². The zero-order valence-electron chi connectivity index (χ0n) is 12.3. The number of carbonyl (C=O) groups excluding carboxylic acids is 1. The molecule has 120 valence electrons. The first-order valence-electron chi connectivity index (χ1n) is 6.85. The average molecular weight is 353 g/mol. The van der Waals surface area contributed by atoms with Crippen LogP contribution in [-0.4, -0.2) is 10.8 Å². The molecule has 23 heavy (non-hydrogen) atoms. The molecule has 0 aliphatic carbocycles. The third-order valence-corrected chi connectivity index (χ3v) is 3.93. The Bertz CT molecular complexity index is 763. The van der Waals surface area contributed by atoms with Crippen LogP contribution < -0.4 is 5.32 Å². The van der Waals surface area contributed by atoms with Gasteiger partial charge in [-0.2, -0.15) is 0 Å². The fourth-order valence-electron chi connectivity index (χ4n) is 2.04. The molecule has 0 aromatic heterocycles. The zero-order chi connectivity index (χ0) is 17.0. The van der Waals surface area contributed by atoms with E-state index in [2.05, 4.69) is 5.32 Å². The molecular formula is C16H14Cl2N2O3. The maximum Gasteiger partial charge on any atom is 0.271 e. The number of amides is 1. The van der Waals surface area contributed by atoms with Crippen molar-refractivity contribution in [1.29, 1.82) is 0 Å². The third-order valence-electron chi connectivity index (χ3n) is 3.34. The van der Waals surface area contributed by atoms with E-state index < -0.39 is 4.92 Å². The minimum absolute atomic E-state index is 0.0633. The number of nitro groups is 1. The minimum Gasteiger partial charge on any atom is -0.326 e. The zero-order valence-corrected chi connectivity index (χ0v) is 13.8. The van der Waals surface area contributed by atoms with Crippen LogP contribution in [0, 0.1) is 17.0 Å². The second-order valence-electron chi connectivity index (χ2n) is 5.04. The maximum atomic E-state index is 12.0. The number of hydrogen-bond donors (Lipinski definition) is 1. The first kappa shape index (κ1) is 17.2. The fourth-order valence-corrected chi connectivity index (χ4v) is 2.55. The summed E-state index contributed by atoms with van der Waals surface area (Å²) in [6.07, 6.45) is 0.666. The van der Waals surface area contributed by atoms with Crippen LogP contribution >= 0.6 is 23.2 Å². The van der Waals surface area contributed by atoms with Gasteiger partial charge in [0.2, 0.25) is 5.91 Å². The van der Waals surface area contributed by atoms with E-state index in [-0.39, 0.29) is 18.0 Å². The monoisotopic (exact) mass is 352 g/mol. The van der Waals surface area contributed by atoms with Gasteiger partial charge in [-0.05, 0) is 36.6 Å². The van der Waals surface area contributed by atoms with E-state index in [1.54, 1.807) is 31.2 Å². The summed E-state index contributed by atoms with van der Waals surface area (Å²) in [5.74, 6) is -0.236. The standard InChI is InChI=1S/C16H14Cl2N2O3/c1-10-2-6-13(20(22)23)9-15(10)19-16(21)7-4-11-3-5-12(17)8-14(11)18/h2-3,5-6,8-9H,4,7H2,1H3,(H,19,21). The van der Waals surface area contributed by atoms with Crippen LogP contribution in [0.15, 0.2) is 36.4 Å². The lowest BCUT2D eigenvalue weighted by Gasteiger charge is -2.09. The summed E-state index contributed by atoms with van der Waals surface area (Å²) in [5.41, 5.74) is 1.95. The van der Waals surface area contributed by atoms with Gasteiger partial charge in [0.05, 0.1) is 10.6 Å². The van der Waals surface area contributed by atoms with E-state index in [0.29, 0.717) is 22.2 Å². The van der Waals surface area contributed by atoms with E-state index in [0.717, 1.165) is 11.1 Å². The summed E-state index contributed by atoms with van der Waals surface area (Å²) < 4.78 is 0. The van der Waals surface area contributed by atoms with Crippen LogP contribution in [-0.2, 0) is 11.2 Å². The molecule has 2 rings (SSSR count). The Hall–Kier alpha value is -2.11. The van der Waals surface area contributed by atoms with Crippen LogP contribution in [0.2, 0.25) is 10.0 Å². The molecule has 1 N–H and O–H groups in total. The molecule has 0 saturated heterocycles. The molecule has 0 saturated carbocycles. The predicted octanol–water partition coefficient (Wildman–Crippen LogP) is 4.78. The maximum absolute atomic E-state index is 12.0. The number of aryl methyl sites for hydroxylation is 2. The molecule has 1 amide bonds. The first-order valence-corrected chi connectivity index (χ1v) is 7.61. The summed E-state index contributed by atoms with van der Waals surface area (Å²) in [5, 5.41) is 14.5. The normalized spacial score (nSPS) is 10.4. The number of benzene rings is 2. The molecule has 7 heteroatoms. The van der Waals surface area contributed by atoms with Crippen molar-refractivity contribution in [3.63, 3.8) is 0 Å². The van der Waals surface area contributed by atoms with Crippen molar-refractivity contribution in [3.8, 4) is 0 Å². The highest BCUT2D eigenvalue weighted by Crippen LogP contribution is 2.24. The fraction of sp³-hybridized carbons (Fsp3) is 0.188. The summed E-state index contributed by atoms with van der Waals surface area (Å²) >= 11 is 11.9. The molecule has 0 aliphatic heterocycles. The molecule has 0 heterocycles. The van der Waals surface area contributed by atoms with Gasteiger partial charge in [-0.3, -0.25) is 14.9 Å². The van der Waals surface area contributed by atoms with Gasteiger partial charge in [0.15, 0.2) is 0 Å². The highest BCUT2D eigenvalue weighted by molar-refractivity contribution is 6.35. The van der Waals surface area contributed by atoms with Crippen molar-refractivity contribution in [2.45, 2.75) is 19.8 Å². The van der Waals surface area contributed by atoms with Gasteiger partial charge in [-0.1, -0.05) is 35.3 Å². The molecule has 0 atom stereocenters. The number of nitrogens with zero attached hydrogens (tertiary/aromatic N) is 1. The van der Waals surface area contributed by atoms with Crippen LogP contribution in [0.3, 0.4) is 0 Å². The SMILES string of the molecule is Cc1ccc([N+](=O)[O-])cc1NC(=O)CCc1ccc(Cl)cc1Cl. The Morgan fingerprint density at radius 1 is 1.22 bits per heavy atom. The van der Waals surface area contributed by atoms with Crippen molar-refractivity contribution < 1.29 is 9.72 Å². The van der Waals surface area contributed by atoms with Crippen molar-refractivity contribution >= 4 is 40.5 Å². The van der Waals surface area contributed by atoms with Crippen molar-refractivity contribution in [2.75, 3.05) is 5.32 Å². The minimum atomic E-state index is -0.497. The Kier molecular flexibility index (Phi) is 5.58. The second kappa shape index (κ2) is 7.44. The number of anilines is 1. The number of nitro benzene ring substituents is 1. The summed E-state index contributed by atoms with van der Waals surface area (Å²) in [7, 11) is 0. The average Bonchev–Trinajstić information content (AvgIpc) is 2.48. The highest BCUT2D eigenvalue weighted by atomic mass is 35.5. The topological polar surface area (TPSA) is 72.2 Å². The molecule has 0 fully saturated rings. The molecule has 0 radical (unpaired) electrons. The third kappa shape index (κ3) is 4.68. The number of non-ortho nitro benzene ring substituents is 1. The van der Waals surface area contributed by atoms with Gasteiger partial charge in [0.25, 0.3) is 5.69 Å². The first-order chi connectivity index (χ1) is 10.9. The van der Waals surface area contributed by atoms with Crippen LogP contribution in [0.25, 0.3) is 0 Å². The molecule has 2 aromatic carbocycles. The second-order valence-corrected chi connectivity index (χ2v) is 5.88. The Morgan fingerprint density at radius 2 is 1.96 bits per heavy atom. The van der Waals surface area contributed by atoms with Crippen molar-refractivity contribution in [1.82, 2.24) is 0 Å². The van der Waals surface area contributed by atoms with E-state index >= 15 is 0 Å². The lowest BCUT2D eigenvalue weighted by molar-refractivity contribution is -0.384. The van der Waals surface area contributed by atoms with Gasteiger partial charge in [-0.25, -0.2) is 0 Å². The van der Waals surface area contributed by atoms with Gasteiger partial charge < -0.3 is 5.32 Å². The molecule has 0 bridgehead atoms. The molecule has 2 aromatic rings. The molecule has 0 aliphatic rings. The number of hydrogen-bond acceptors (Lipinski definition) is 3. The van der Waals surface area contributed by atoms with Crippen LogP contribution in [0.1, 0.15) is 17.5 Å². The Balaban J connectivity index is 2.02. The summed E-state index contributed by atoms with van der Waals surface area (Å²) in [6, 6.07) is 9.47. The Labute approximate surface area is 143 Å². The largest absolute Gasteiger partial charge is 0.326 e. The molecule has 5 nitrogen and oxygen atoms in total. The molecule has 0 unspecified atom stereocenters. The molecule has 0 spiro atoms. The number of rotatable bonds is 5. The van der Waals surface area contributed by atoms with E-state index in [4.69, 9.17) is 23.2 Å². The van der Waals surface area contributed by atoms with Crippen molar-refractivity contribution in [3.05, 3.63) is 67.7 Å². The summed E-state index contributed by atoms with van der Waals surface area (Å²) in [4.78, 5) is 22.3. The highest BCUT2D eigenvalue weighted by Gasteiger charge is 2.12. The number of halogens is 2. The van der Waals surface area contributed by atoms with E-state index in [1.807, 2.05) is 0 Å². The Morgan fingerprint density at radius 3 is 2.61 bits per heavy atom. The summed E-state index contributed by atoms with van der Waals surface area (Å²) in [6.45, 7) is 1.77. The molecular weight excluding hydrogens is 339 g/mol. The van der Waals surface area contributed by atoms with E-state index in [1.165, 1.54) is 12.1 Å². The van der Waals surface area contributed by atoms with E-state index in [9.17, 15) is 14.9 Å². The lowest BCUT2D eigenvalue weighted by atomic mass is 10.1. The van der Waals surface area contributed by atoms with Crippen LogP contribution in [0.4, 0.5) is 11.4 Å². The number of nitrogens with one attached hydrogen (secondary N) is 1. The van der Waals surface area contributed by atoms with Gasteiger partial charge in [-0.15, -0.1) is 0 Å². The van der Waals surface area contributed by atoms with Gasteiger partial charge in [0.1, 0.15) is 0 Å². The smallest absolute Gasteiger partial charge is 0.271 e. The van der Waals surface area contributed by atoms with Crippen molar-refractivity contribution in [2.24, 2.45) is 0 Å². The number of carbonyl (C=O) groups is 1. The quantitative estimate of drug-likeness (QED) is 0.621. The lowest BCUT2D eigenvalue weighted by Crippen LogP contribution is -2.13. The van der Waals surface area contributed by atoms with Gasteiger partial charge >= 0.3 is 0 Å². The van der Waals surface area contributed by atoms with Gasteiger partial charge in [0, 0.05) is 28.6 Å².